The Kier molecular flexibility index (Phi) is 5.03. The topological polar surface area (TPSA) is 42.0 Å². The molecule has 1 rings (SSSR count). The molecule has 1 N–H and O–H groups in total. The highest BCUT2D eigenvalue weighted by molar-refractivity contribution is 6.33. The summed E-state index contributed by atoms with van der Waals surface area (Å²) < 4.78 is 0. The largest absolute Gasteiger partial charge is 0.349 e. The molecular formula is C11H14Cl2N2O. The second-order valence-corrected chi connectivity index (χ2v) is 4.47. The predicted molar refractivity (Wildman–Crippen MR) is 66.1 cm³/mol. The average Bonchev–Trinajstić information content (AvgIpc) is 2.28. The van der Waals surface area contributed by atoms with E-state index in [2.05, 4.69) is 10.3 Å². The van der Waals surface area contributed by atoms with Gasteiger partial charge in [-0.3, -0.25) is 9.78 Å². The van der Waals surface area contributed by atoms with E-state index in [1.165, 1.54) is 12.4 Å². The van der Waals surface area contributed by atoms with Gasteiger partial charge in [0, 0.05) is 24.3 Å². The van der Waals surface area contributed by atoms with Crippen LogP contribution < -0.4 is 5.32 Å². The van der Waals surface area contributed by atoms with Gasteiger partial charge < -0.3 is 5.32 Å². The number of carbonyl (C=O) groups is 1. The van der Waals surface area contributed by atoms with Gasteiger partial charge in [0.15, 0.2) is 0 Å². The molecule has 0 aromatic carbocycles. The molecule has 0 aliphatic carbocycles. The van der Waals surface area contributed by atoms with Crippen molar-refractivity contribution in [2.75, 3.05) is 5.88 Å². The molecule has 16 heavy (non-hydrogen) atoms. The zero-order valence-corrected chi connectivity index (χ0v) is 10.7. The average molecular weight is 261 g/mol. The van der Waals surface area contributed by atoms with E-state index in [9.17, 15) is 4.79 Å². The zero-order chi connectivity index (χ0) is 12.1. The molecular weight excluding hydrogens is 247 g/mol. The van der Waals surface area contributed by atoms with Gasteiger partial charge in [-0.25, -0.2) is 0 Å². The predicted octanol–water partition coefficient (Wildman–Crippen LogP) is 2.73. The van der Waals surface area contributed by atoms with Gasteiger partial charge in [-0.05, 0) is 18.9 Å². The van der Waals surface area contributed by atoms with Gasteiger partial charge in [-0.2, -0.15) is 0 Å². The summed E-state index contributed by atoms with van der Waals surface area (Å²) in [4.78, 5) is 15.7. The molecule has 0 spiro atoms. The highest BCUT2D eigenvalue weighted by Gasteiger charge is 2.16. The molecule has 88 valence electrons. The molecule has 1 aromatic rings. The van der Waals surface area contributed by atoms with Gasteiger partial charge in [0.25, 0.3) is 5.91 Å². The molecule has 0 bridgehead atoms. The molecule has 1 amide bonds. The van der Waals surface area contributed by atoms with Crippen LogP contribution in [0.25, 0.3) is 0 Å². The molecule has 0 radical (unpaired) electrons. The van der Waals surface area contributed by atoms with E-state index in [-0.39, 0.29) is 17.9 Å². The van der Waals surface area contributed by atoms with Crippen molar-refractivity contribution in [3.8, 4) is 0 Å². The van der Waals surface area contributed by atoms with Crippen LogP contribution in [0.5, 0.6) is 0 Å². The number of rotatable bonds is 4. The molecule has 1 heterocycles. The lowest BCUT2D eigenvalue weighted by atomic mass is 10.1. The summed E-state index contributed by atoms with van der Waals surface area (Å²) in [5.41, 5.74) is 0.435. The van der Waals surface area contributed by atoms with E-state index in [1.54, 1.807) is 6.07 Å². The fourth-order valence-electron chi connectivity index (χ4n) is 1.12. The zero-order valence-electron chi connectivity index (χ0n) is 9.21. The number of alkyl halides is 1. The smallest absolute Gasteiger partial charge is 0.253 e. The Bertz CT molecular complexity index is 371. The monoisotopic (exact) mass is 260 g/mol. The van der Waals surface area contributed by atoms with Crippen molar-refractivity contribution in [2.45, 2.75) is 19.9 Å². The van der Waals surface area contributed by atoms with Crippen molar-refractivity contribution in [3.05, 3.63) is 29.0 Å². The standard InChI is InChI=1S/C11H14Cl2N2O/c1-7(5-12)8(2)15-11(16)9-3-4-14-6-10(9)13/h3-4,6-8H,5H2,1-2H3,(H,15,16). The van der Waals surface area contributed by atoms with Gasteiger partial charge in [0.2, 0.25) is 0 Å². The molecule has 1 aromatic heterocycles. The van der Waals surface area contributed by atoms with E-state index in [1.807, 2.05) is 13.8 Å². The van der Waals surface area contributed by atoms with Crippen molar-refractivity contribution >= 4 is 29.1 Å². The maximum Gasteiger partial charge on any atom is 0.253 e. The number of aromatic nitrogens is 1. The van der Waals surface area contributed by atoms with Crippen molar-refractivity contribution < 1.29 is 4.79 Å². The van der Waals surface area contributed by atoms with Gasteiger partial charge >= 0.3 is 0 Å². The molecule has 5 heteroatoms. The summed E-state index contributed by atoms with van der Waals surface area (Å²) in [6, 6.07) is 1.60. The number of hydrogen-bond donors (Lipinski definition) is 1. The molecule has 0 fully saturated rings. The SMILES string of the molecule is CC(CCl)C(C)NC(=O)c1ccncc1Cl. The number of carbonyl (C=O) groups excluding carboxylic acids is 1. The van der Waals surface area contributed by atoms with Crippen molar-refractivity contribution in [1.29, 1.82) is 0 Å². The van der Waals surface area contributed by atoms with Crippen LogP contribution in [-0.2, 0) is 0 Å². The van der Waals surface area contributed by atoms with Gasteiger partial charge in [0.05, 0.1) is 10.6 Å². The molecule has 0 aliphatic heterocycles. The minimum absolute atomic E-state index is 0.00855. The van der Waals surface area contributed by atoms with Gasteiger partial charge in [0.1, 0.15) is 0 Å². The van der Waals surface area contributed by atoms with Crippen LogP contribution in [0.2, 0.25) is 5.02 Å². The summed E-state index contributed by atoms with van der Waals surface area (Å²) >= 11 is 11.6. The van der Waals surface area contributed by atoms with Crippen molar-refractivity contribution in [2.24, 2.45) is 5.92 Å². The first-order chi connectivity index (χ1) is 7.56. The number of nitrogens with one attached hydrogen (secondary N) is 1. The Morgan fingerprint density at radius 1 is 1.56 bits per heavy atom. The highest BCUT2D eigenvalue weighted by atomic mass is 35.5. The van der Waals surface area contributed by atoms with Crippen LogP contribution >= 0.6 is 23.2 Å². The summed E-state index contributed by atoms with van der Waals surface area (Å²) in [6.07, 6.45) is 2.99. The number of nitrogens with zero attached hydrogens (tertiary/aromatic N) is 1. The summed E-state index contributed by atoms with van der Waals surface area (Å²) in [5, 5.41) is 3.20. The third kappa shape index (κ3) is 3.35. The quantitative estimate of drug-likeness (QED) is 0.847. The molecule has 2 unspecified atom stereocenters. The van der Waals surface area contributed by atoms with Crippen LogP contribution in [0.1, 0.15) is 24.2 Å². The fraction of sp³-hybridized carbons (Fsp3) is 0.455. The number of hydrogen-bond acceptors (Lipinski definition) is 2. The van der Waals surface area contributed by atoms with Crippen LogP contribution in [0.4, 0.5) is 0 Å². The Labute approximate surface area is 105 Å². The molecule has 0 saturated carbocycles. The highest BCUT2D eigenvalue weighted by Crippen LogP contribution is 2.14. The van der Waals surface area contributed by atoms with Gasteiger partial charge in [-0.15, -0.1) is 11.6 Å². The Balaban J connectivity index is 2.70. The normalized spacial score (nSPS) is 14.2. The number of halogens is 2. The number of amides is 1. The first-order valence-electron chi connectivity index (χ1n) is 5.02. The molecule has 0 saturated heterocycles. The van der Waals surface area contributed by atoms with E-state index in [0.717, 1.165) is 0 Å². The number of pyridine rings is 1. The lowest BCUT2D eigenvalue weighted by Gasteiger charge is -2.19. The Hall–Kier alpha value is -0.800. The van der Waals surface area contributed by atoms with Crippen molar-refractivity contribution in [3.63, 3.8) is 0 Å². The lowest BCUT2D eigenvalue weighted by Crippen LogP contribution is -2.37. The molecule has 2 atom stereocenters. The molecule has 0 aliphatic rings. The Morgan fingerprint density at radius 3 is 2.81 bits per heavy atom. The first kappa shape index (κ1) is 13.3. The Morgan fingerprint density at radius 2 is 2.25 bits per heavy atom. The van der Waals surface area contributed by atoms with E-state index < -0.39 is 0 Å². The van der Waals surface area contributed by atoms with Crippen LogP contribution in [0.15, 0.2) is 18.5 Å². The van der Waals surface area contributed by atoms with Crippen LogP contribution in [0, 0.1) is 5.92 Å². The molecule has 3 nitrogen and oxygen atoms in total. The van der Waals surface area contributed by atoms with Gasteiger partial charge in [-0.1, -0.05) is 18.5 Å². The van der Waals surface area contributed by atoms with Crippen LogP contribution in [-0.4, -0.2) is 22.8 Å². The maximum absolute atomic E-state index is 11.8. The van der Waals surface area contributed by atoms with Crippen LogP contribution in [0.3, 0.4) is 0 Å². The maximum atomic E-state index is 11.8. The minimum Gasteiger partial charge on any atom is -0.349 e. The second-order valence-electron chi connectivity index (χ2n) is 3.75. The third-order valence-electron chi connectivity index (χ3n) is 2.47. The van der Waals surface area contributed by atoms with E-state index >= 15 is 0 Å². The lowest BCUT2D eigenvalue weighted by molar-refractivity contribution is 0.0931. The van der Waals surface area contributed by atoms with E-state index in [4.69, 9.17) is 23.2 Å². The summed E-state index contributed by atoms with van der Waals surface area (Å²) in [7, 11) is 0. The second kappa shape index (κ2) is 6.06. The third-order valence-corrected chi connectivity index (χ3v) is 3.26. The summed E-state index contributed by atoms with van der Waals surface area (Å²) in [5.74, 6) is 0.522. The first-order valence-corrected chi connectivity index (χ1v) is 5.93. The summed E-state index contributed by atoms with van der Waals surface area (Å²) in [6.45, 7) is 3.89. The van der Waals surface area contributed by atoms with E-state index in [0.29, 0.717) is 16.5 Å². The fourth-order valence-corrected chi connectivity index (χ4v) is 1.59. The van der Waals surface area contributed by atoms with Crippen molar-refractivity contribution in [1.82, 2.24) is 10.3 Å². The minimum atomic E-state index is -0.197.